The first kappa shape index (κ1) is 13.9. The van der Waals surface area contributed by atoms with Gasteiger partial charge >= 0.3 is 0 Å². The van der Waals surface area contributed by atoms with Crippen LogP contribution in [0.25, 0.3) is 0 Å². The van der Waals surface area contributed by atoms with E-state index in [1.54, 1.807) is 0 Å². The first-order valence-corrected chi connectivity index (χ1v) is 6.94. The van der Waals surface area contributed by atoms with Crippen LogP contribution in [0, 0.1) is 6.92 Å². The van der Waals surface area contributed by atoms with Gasteiger partial charge in [0.05, 0.1) is 0 Å². The summed E-state index contributed by atoms with van der Waals surface area (Å²) >= 11 is 0. The minimum absolute atomic E-state index is 0.0475. The van der Waals surface area contributed by atoms with E-state index in [2.05, 4.69) is 16.7 Å². The second-order valence-corrected chi connectivity index (χ2v) is 4.91. The lowest BCUT2D eigenvalue weighted by atomic mass is 10.1. The molecule has 1 aromatic carbocycles. The van der Waals surface area contributed by atoms with E-state index in [4.69, 9.17) is 4.74 Å². The van der Waals surface area contributed by atoms with Crippen LogP contribution >= 0.6 is 0 Å². The third-order valence-electron chi connectivity index (χ3n) is 3.51. The Balaban J connectivity index is 2.07. The third kappa shape index (κ3) is 3.70. The van der Waals surface area contributed by atoms with Gasteiger partial charge in [-0.2, -0.15) is 0 Å². The fourth-order valence-corrected chi connectivity index (χ4v) is 2.23. The Morgan fingerprint density at radius 1 is 1.32 bits per heavy atom. The second-order valence-electron chi connectivity index (χ2n) is 4.91. The molecule has 19 heavy (non-hydrogen) atoms. The van der Waals surface area contributed by atoms with E-state index in [1.165, 1.54) is 0 Å². The lowest BCUT2D eigenvalue weighted by Crippen LogP contribution is -2.28. The maximum absolute atomic E-state index is 11.5. The van der Waals surface area contributed by atoms with E-state index in [1.807, 2.05) is 26.0 Å². The molecule has 1 aliphatic heterocycles. The standard InChI is InChI=1S/C15H22N2O2/c1-3-15(18)17-14-6-4-5-13(11(14)2)16-12-7-9-19-10-8-12/h4-6,12,16H,3,7-10H2,1-2H3,(H,17,18). The Bertz CT molecular complexity index is 440. The summed E-state index contributed by atoms with van der Waals surface area (Å²) in [5, 5.41) is 6.48. The highest BCUT2D eigenvalue weighted by Gasteiger charge is 2.15. The Morgan fingerprint density at radius 3 is 2.68 bits per heavy atom. The molecule has 1 aromatic rings. The maximum Gasteiger partial charge on any atom is 0.224 e. The van der Waals surface area contributed by atoms with Crippen LogP contribution < -0.4 is 10.6 Å². The minimum atomic E-state index is 0.0475. The third-order valence-corrected chi connectivity index (χ3v) is 3.51. The summed E-state index contributed by atoms with van der Waals surface area (Å²) in [5.41, 5.74) is 3.08. The van der Waals surface area contributed by atoms with Crippen molar-refractivity contribution < 1.29 is 9.53 Å². The van der Waals surface area contributed by atoms with Crippen molar-refractivity contribution in [3.63, 3.8) is 0 Å². The van der Waals surface area contributed by atoms with Crippen LogP contribution in [0.1, 0.15) is 31.7 Å². The Kier molecular flexibility index (Phi) is 4.80. The molecule has 0 saturated carbocycles. The zero-order valence-corrected chi connectivity index (χ0v) is 11.7. The highest BCUT2D eigenvalue weighted by atomic mass is 16.5. The van der Waals surface area contributed by atoms with Crippen LogP contribution in [-0.2, 0) is 9.53 Å². The molecule has 104 valence electrons. The Labute approximate surface area is 114 Å². The zero-order valence-electron chi connectivity index (χ0n) is 11.7. The fourth-order valence-electron chi connectivity index (χ4n) is 2.23. The van der Waals surface area contributed by atoms with Crippen LogP contribution in [0.2, 0.25) is 0 Å². The number of hydrogen-bond donors (Lipinski definition) is 2. The van der Waals surface area contributed by atoms with Crippen molar-refractivity contribution in [1.29, 1.82) is 0 Å². The summed E-state index contributed by atoms with van der Waals surface area (Å²) < 4.78 is 5.36. The molecular weight excluding hydrogens is 240 g/mol. The lowest BCUT2D eigenvalue weighted by Gasteiger charge is -2.25. The quantitative estimate of drug-likeness (QED) is 0.877. The van der Waals surface area contributed by atoms with Crippen molar-refractivity contribution in [2.24, 2.45) is 0 Å². The second kappa shape index (κ2) is 6.57. The zero-order chi connectivity index (χ0) is 13.7. The van der Waals surface area contributed by atoms with Gasteiger partial charge in [0.1, 0.15) is 0 Å². The molecule has 2 N–H and O–H groups in total. The molecule has 1 fully saturated rings. The van der Waals surface area contributed by atoms with Crippen LogP contribution in [0.4, 0.5) is 11.4 Å². The highest BCUT2D eigenvalue weighted by Crippen LogP contribution is 2.25. The molecule has 1 saturated heterocycles. The lowest BCUT2D eigenvalue weighted by molar-refractivity contribution is -0.115. The predicted octanol–water partition coefficient (Wildman–Crippen LogP) is 2.93. The number of anilines is 2. The Morgan fingerprint density at radius 2 is 2.00 bits per heavy atom. The smallest absolute Gasteiger partial charge is 0.224 e. The first-order chi connectivity index (χ1) is 9.20. The topological polar surface area (TPSA) is 50.4 Å². The predicted molar refractivity (Wildman–Crippen MR) is 77.6 cm³/mol. The number of ether oxygens (including phenoxy) is 1. The molecule has 0 unspecified atom stereocenters. The first-order valence-electron chi connectivity index (χ1n) is 6.94. The summed E-state index contributed by atoms with van der Waals surface area (Å²) in [6.45, 7) is 5.54. The van der Waals surface area contributed by atoms with Crippen molar-refractivity contribution in [2.75, 3.05) is 23.8 Å². The van der Waals surface area contributed by atoms with Gasteiger partial charge in [-0.15, -0.1) is 0 Å². The molecule has 4 nitrogen and oxygen atoms in total. The number of carbonyl (C=O) groups is 1. The van der Waals surface area contributed by atoms with Gasteiger partial charge in [0.15, 0.2) is 0 Å². The molecule has 0 bridgehead atoms. The van der Waals surface area contributed by atoms with Gasteiger partial charge in [0.25, 0.3) is 0 Å². The molecule has 0 aliphatic carbocycles. The van der Waals surface area contributed by atoms with Crippen LogP contribution in [-0.4, -0.2) is 25.2 Å². The monoisotopic (exact) mass is 262 g/mol. The molecular formula is C15H22N2O2. The van der Waals surface area contributed by atoms with Crippen LogP contribution in [0.3, 0.4) is 0 Å². The van der Waals surface area contributed by atoms with Gasteiger partial charge in [0, 0.05) is 37.1 Å². The molecule has 1 aliphatic rings. The number of benzene rings is 1. The number of hydrogen-bond acceptors (Lipinski definition) is 3. The molecule has 0 atom stereocenters. The highest BCUT2D eigenvalue weighted by molar-refractivity contribution is 5.92. The molecule has 0 spiro atoms. The summed E-state index contributed by atoms with van der Waals surface area (Å²) in [6.07, 6.45) is 2.56. The number of rotatable bonds is 4. The van der Waals surface area contributed by atoms with Gasteiger partial charge in [-0.3, -0.25) is 4.79 Å². The van der Waals surface area contributed by atoms with Crippen LogP contribution in [0.5, 0.6) is 0 Å². The summed E-state index contributed by atoms with van der Waals surface area (Å²) in [6, 6.07) is 6.44. The van der Waals surface area contributed by atoms with Crippen molar-refractivity contribution in [3.05, 3.63) is 23.8 Å². The van der Waals surface area contributed by atoms with Crippen molar-refractivity contribution >= 4 is 17.3 Å². The fraction of sp³-hybridized carbons (Fsp3) is 0.533. The molecule has 1 heterocycles. The molecule has 4 heteroatoms. The summed E-state index contributed by atoms with van der Waals surface area (Å²) in [7, 11) is 0. The van der Waals surface area contributed by atoms with E-state index in [9.17, 15) is 4.79 Å². The number of carbonyl (C=O) groups excluding carboxylic acids is 1. The molecule has 1 amide bonds. The van der Waals surface area contributed by atoms with Gasteiger partial charge in [-0.25, -0.2) is 0 Å². The molecule has 0 radical (unpaired) electrons. The van der Waals surface area contributed by atoms with E-state index >= 15 is 0 Å². The molecule has 2 rings (SSSR count). The van der Waals surface area contributed by atoms with Crippen molar-refractivity contribution in [1.82, 2.24) is 0 Å². The summed E-state index contributed by atoms with van der Waals surface area (Å²) in [5.74, 6) is 0.0475. The number of amides is 1. The van der Waals surface area contributed by atoms with Gasteiger partial charge < -0.3 is 15.4 Å². The van der Waals surface area contributed by atoms with E-state index in [0.717, 1.165) is 43.0 Å². The van der Waals surface area contributed by atoms with Gasteiger partial charge in [-0.1, -0.05) is 13.0 Å². The van der Waals surface area contributed by atoms with E-state index in [-0.39, 0.29) is 5.91 Å². The van der Waals surface area contributed by atoms with Gasteiger partial charge in [-0.05, 0) is 37.5 Å². The van der Waals surface area contributed by atoms with E-state index < -0.39 is 0 Å². The van der Waals surface area contributed by atoms with Crippen molar-refractivity contribution in [3.8, 4) is 0 Å². The average molecular weight is 262 g/mol. The van der Waals surface area contributed by atoms with Crippen LogP contribution in [0.15, 0.2) is 18.2 Å². The van der Waals surface area contributed by atoms with Gasteiger partial charge in [0.2, 0.25) is 5.91 Å². The number of nitrogens with one attached hydrogen (secondary N) is 2. The molecule has 0 aromatic heterocycles. The average Bonchev–Trinajstić information content (AvgIpc) is 2.44. The summed E-state index contributed by atoms with van der Waals surface area (Å²) in [4.78, 5) is 11.5. The normalized spacial score (nSPS) is 16.1. The largest absolute Gasteiger partial charge is 0.382 e. The van der Waals surface area contributed by atoms with Crippen molar-refractivity contribution in [2.45, 2.75) is 39.2 Å². The van der Waals surface area contributed by atoms with E-state index in [0.29, 0.717) is 12.5 Å². The SMILES string of the molecule is CCC(=O)Nc1cccc(NC2CCOCC2)c1C. The minimum Gasteiger partial charge on any atom is -0.382 e. The Hall–Kier alpha value is -1.55. The maximum atomic E-state index is 11.5.